The van der Waals surface area contributed by atoms with Crippen molar-refractivity contribution in [2.24, 2.45) is 0 Å². The minimum absolute atomic E-state index is 0.296. The van der Waals surface area contributed by atoms with Gasteiger partial charge in [-0.25, -0.2) is 9.18 Å². The Bertz CT molecular complexity index is 1220. The normalized spacial score (nSPS) is 11.0. The standard InChI is InChI=1S/C21H19FN4O2S/c1-3-26(4-2)14-10-9-13-11-15(20(27)28-18(13)12-14)19-24-25-21(29-19)23-17-8-6-5-7-16(17)22/h5-12H,3-4H2,1-2H3,(H,23,25). The summed E-state index contributed by atoms with van der Waals surface area (Å²) in [4.78, 5) is 14.7. The average Bonchev–Trinajstić information content (AvgIpc) is 3.18. The first-order valence-electron chi connectivity index (χ1n) is 9.27. The Morgan fingerprint density at radius 3 is 2.66 bits per heavy atom. The molecule has 8 heteroatoms. The number of nitrogens with zero attached hydrogens (tertiary/aromatic N) is 3. The second kappa shape index (κ2) is 8.00. The van der Waals surface area contributed by atoms with Crippen LogP contribution in [0.15, 0.2) is 57.7 Å². The van der Waals surface area contributed by atoms with Gasteiger partial charge in [-0.15, -0.1) is 10.2 Å². The molecule has 0 unspecified atom stereocenters. The van der Waals surface area contributed by atoms with E-state index in [1.165, 1.54) is 6.07 Å². The lowest BCUT2D eigenvalue weighted by Crippen LogP contribution is -2.21. The number of para-hydroxylation sites is 1. The number of aromatic nitrogens is 2. The van der Waals surface area contributed by atoms with Gasteiger partial charge in [0.15, 0.2) is 5.01 Å². The molecule has 0 bridgehead atoms. The molecule has 0 aliphatic carbocycles. The van der Waals surface area contributed by atoms with Crippen molar-refractivity contribution >= 4 is 38.8 Å². The van der Waals surface area contributed by atoms with E-state index in [-0.39, 0.29) is 0 Å². The molecule has 0 saturated carbocycles. The first-order valence-corrected chi connectivity index (χ1v) is 10.1. The van der Waals surface area contributed by atoms with Crippen molar-refractivity contribution in [1.82, 2.24) is 10.2 Å². The van der Waals surface area contributed by atoms with Crippen LogP contribution < -0.4 is 15.8 Å². The first kappa shape index (κ1) is 19.1. The van der Waals surface area contributed by atoms with E-state index in [1.807, 2.05) is 18.2 Å². The van der Waals surface area contributed by atoms with Crippen molar-refractivity contribution in [3.8, 4) is 10.6 Å². The van der Waals surface area contributed by atoms with E-state index < -0.39 is 11.4 Å². The molecule has 4 rings (SSSR count). The van der Waals surface area contributed by atoms with Gasteiger partial charge in [-0.2, -0.15) is 0 Å². The molecule has 148 valence electrons. The van der Waals surface area contributed by atoms with Gasteiger partial charge in [-0.3, -0.25) is 0 Å². The summed E-state index contributed by atoms with van der Waals surface area (Å²) in [6.07, 6.45) is 0. The van der Waals surface area contributed by atoms with Crippen LogP contribution in [0.2, 0.25) is 0 Å². The molecular weight excluding hydrogens is 391 g/mol. The van der Waals surface area contributed by atoms with Gasteiger partial charge in [-0.1, -0.05) is 23.5 Å². The molecule has 2 aromatic carbocycles. The molecule has 2 heterocycles. The maximum atomic E-state index is 13.8. The maximum Gasteiger partial charge on any atom is 0.346 e. The van der Waals surface area contributed by atoms with E-state index in [0.717, 1.165) is 35.5 Å². The molecule has 0 aliphatic heterocycles. The van der Waals surface area contributed by atoms with E-state index in [0.29, 0.717) is 27.0 Å². The molecule has 4 aromatic rings. The highest BCUT2D eigenvalue weighted by Gasteiger charge is 2.15. The van der Waals surface area contributed by atoms with Crippen molar-refractivity contribution in [3.63, 3.8) is 0 Å². The van der Waals surface area contributed by atoms with Gasteiger partial charge in [0.25, 0.3) is 0 Å². The van der Waals surface area contributed by atoms with E-state index in [1.54, 1.807) is 24.3 Å². The fourth-order valence-electron chi connectivity index (χ4n) is 3.09. The van der Waals surface area contributed by atoms with Crippen molar-refractivity contribution in [2.75, 3.05) is 23.3 Å². The quantitative estimate of drug-likeness (QED) is 0.449. The third-order valence-corrected chi connectivity index (χ3v) is 5.49. The highest BCUT2D eigenvalue weighted by atomic mass is 32.1. The predicted molar refractivity (Wildman–Crippen MR) is 115 cm³/mol. The van der Waals surface area contributed by atoms with E-state index >= 15 is 0 Å². The molecular formula is C21H19FN4O2S. The van der Waals surface area contributed by atoms with Crippen LogP contribution in [-0.4, -0.2) is 23.3 Å². The van der Waals surface area contributed by atoms with Gasteiger partial charge >= 0.3 is 5.63 Å². The highest BCUT2D eigenvalue weighted by Crippen LogP contribution is 2.30. The number of hydrogen-bond donors (Lipinski definition) is 1. The lowest BCUT2D eigenvalue weighted by Gasteiger charge is -2.20. The Hall–Kier alpha value is -3.26. The van der Waals surface area contributed by atoms with Gasteiger partial charge < -0.3 is 14.6 Å². The SMILES string of the molecule is CCN(CC)c1ccc2cc(-c3nnc(Nc4ccccc4F)s3)c(=O)oc2c1. The van der Waals surface area contributed by atoms with Crippen molar-refractivity contribution in [3.05, 3.63) is 64.8 Å². The van der Waals surface area contributed by atoms with Crippen LogP contribution in [0.4, 0.5) is 20.9 Å². The summed E-state index contributed by atoms with van der Waals surface area (Å²) in [5, 5.41) is 12.6. The maximum absolute atomic E-state index is 13.8. The van der Waals surface area contributed by atoms with Gasteiger partial charge in [0.1, 0.15) is 11.4 Å². The lowest BCUT2D eigenvalue weighted by molar-refractivity contribution is 0.563. The third kappa shape index (κ3) is 3.84. The topological polar surface area (TPSA) is 71.3 Å². The Balaban J connectivity index is 1.67. The lowest BCUT2D eigenvalue weighted by atomic mass is 10.1. The number of nitrogens with one attached hydrogen (secondary N) is 1. The first-order chi connectivity index (χ1) is 14.1. The molecule has 0 aliphatic rings. The second-order valence-corrected chi connectivity index (χ2v) is 7.34. The van der Waals surface area contributed by atoms with Gasteiger partial charge in [-0.05, 0) is 44.2 Å². The molecule has 29 heavy (non-hydrogen) atoms. The number of fused-ring (bicyclic) bond motifs is 1. The van der Waals surface area contributed by atoms with Crippen LogP contribution in [0.25, 0.3) is 21.5 Å². The molecule has 0 saturated heterocycles. The Morgan fingerprint density at radius 2 is 1.90 bits per heavy atom. The molecule has 2 aromatic heterocycles. The third-order valence-electron chi connectivity index (χ3n) is 4.62. The fourth-order valence-corrected chi connectivity index (χ4v) is 3.85. The Labute approximate surface area is 170 Å². The zero-order valence-electron chi connectivity index (χ0n) is 16.0. The van der Waals surface area contributed by atoms with Crippen LogP contribution in [0.1, 0.15) is 13.8 Å². The van der Waals surface area contributed by atoms with Gasteiger partial charge in [0.05, 0.1) is 11.3 Å². The predicted octanol–water partition coefficient (Wildman–Crippen LogP) is 5.04. The number of anilines is 3. The van der Waals surface area contributed by atoms with Crippen molar-refractivity contribution < 1.29 is 8.81 Å². The fraction of sp³-hybridized carbons (Fsp3) is 0.190. The summed E-state index contributed by atoms with van der Waals surface area (Å²) >= 11 is 1.16. The molecule has 0 spiro atoms. The molecule has 0 amide bonds. The Kier molecular flexibility index (Phi) is 5.26. The molecule has 6 nitrogen and oxygen atoms in total. The average molecular weight is 410 g/mol. The Morgan fingerprint density at radius 1 is 1.10 bits per heavy atom. The summed E-state index contributed by atoms with van der Waals surface area (Å²) in [7, 11) is 0. The minimum Gasteiger partial charge on any atom is -0.422 e. The van der Waals surface area contributed by atoms with Crippen molar-refractivity contribution in [1.29, 1.82) is 0 Å². The number of halogens is 1. The summed E-state index contributed by atoms with van der Waals surface area (Å²) in [5.74, 6) is -0.390. The van der Waals surface area contributed by atoms with Crippen LogP contribution >= 0.6 is 11.3 Å². The smallest absolute Gasteiger partial charge is 0.346 e. The minimum atomic E-state index is -0.484. The number of rotatable bonds is 6. The number of benzene rings is 2. The van der Waals surface area contributed by atoms with Crippen LogP contribution in [0.5, 0.6) is 0 Å². The largest absolute Gasteiger partial charge is 0.422 e. The molecule has 0 atom stereocenters. The second-order valence-electron chi connectivity index (χ2n) is 6.36. The summed E-state index contributed by atoms with van der Waals surface area (Å²) in [5.41, 5.74) is 1.67. The van der Waals surface area contributed by atoms with E-state index in [4.69, 9.17) is 4.42 Å². The summed E-state index contributed by atoms with van der Waals surface area (Å²) < 4.78 is 19.4. The van der Waals surface area contributed by atoms with Crippen LogP contribution in [0.3, 0.4) is 0 Å². The molecule has 1 N–H and O–H groups in total. The van der Waals surface area contributed by atoms with Crippen LogP contribution in [-0.2, 0) is 0 Å². The van der Waals surface area contributed by atoms with Gasteiger partial charge in [0.2, 0.25) is 5.13 Å². The monoisotopic (exact) mass is 410 g/mol. The van der Waals surface area contributed by atoms with Crippen molar-refractivity contribution in [2.45, 2.75) is 13.8 Å². The summed E-state index contributed by atoms with van der Waals surface area (Å²) in [6, 6.07) is 13.8. The molecule has 0 radical (unpaired) electrons. The van der Waals surface area contributed by atoms with Crippen LogP contribution in [0, 0.1) is 5.82 Å². The number of hydrogen-bond acceptors (Lipinski definition) is 7. The summed E-state index contributed by atoms with van der Waals surface area (Å²) in [6.45, 7) is 5.89. The van der Waals surface area contributed by atoms with E-state index in [2.05, 4.69) is 34.3 Å². The van der Waals surface area contributed by atoms with E-state index in [9.17, 15) is 9.18 Å². The molecule has 0 fully saturated rings. The zero-order valence-corrected chi connectivity index (χ0v) is 16.8. The zero-order chi connectivity index (χ0) is 20.4. The highest BCUT2D eigenvalue weighted by molar-refractivity contribution is 7.18. The van der Waals surface area contributed by atoms with Gasteiger partial charge in [0, 0.05) is 30.2 Å².